The van der Waals surface area contributed by atoms with Crippen LogP contribution in [0.4, 0.5) is 0 Å². The highest BCUT2D eigenvalue weighted by molar-refractivity contribution is 6.01. The predicted molar refractivity (Wildman–Crippen MR) is 121 cm³/mol. The number of H-pyrrole nitrogens is 1. The number of nitrogens with one attached hydrogen (secondary N) is 1. The minimum absolute atomic E-state index is 0.0572. The van der Waals surface area contributed by atoms with Gasteiger partial charge >= 0.3 is 0 Å². The highest BCUT2D eigenvalue weighted by atomic mass is 16.2. The van der Waals surface area contributed by atoms with Crippen LogP contribution in [0.2, 0.25) is 0 Å². The summed E-state index contributed by atoms with van der Waals surface area (Å²) in [5.41, 5.74) is 3.38. The van der Waals surface area contributed by atoms with Crippen molar-refractivity contribution in [2.24, 2.45) is 0 Å². The summed E-state index contributed by atoms with van der Waals surface area (Å²) >= 11 is 0. The van der Waals surface area contributed by atoms with Crippen LogP contribution in [0.5, 0.6) is 0 Å². The Labute approximate surface area is 181 Å². The number of amides is 1. The van der Waals surface area contributed by atoms with Gasteiger partial charge in [0.2, 0.25) is 0 Å². The molecule has 1 amide bonds. The van der Waals surface area contributed by atoms with Crippen molar-refractivity contribution in [1.29, 1.82) is 5.26 Å². The number of carbonyl (C=O) groups is 1. The van der Waals surface area contributed by atoms with E-state index in [1.54, 1.807) is 24.3 Å². The van der Waals surface area contributed by atoms with E-state index in [0.29, 0.717) is 23.3 Å². The average molecular weight is 418 g/mol. The van der Waals surface area contributed by atoms with Crippen molar-refractivity contribution >= 4 is 22.9 Å². The van der Waals surface area contributed by atoms with Crippen LogP contribution in [0, 0.1) is 25.2 Å². The molecule has 1 N–H and O–H groups in total. The van der Waals surface area contributed by atoms with Crippen LogP contribution in [-0.4, -0.2) is 31.9 Å². The number of aryl methyl sites for hydroxylation is 1. The van der Waals surface area contributed by atoms with Crippen LogP contribution in [0.15, 0.2) is 40.7 Å². The monoisotopic (exact) mass is 417 g/mol. The lowest BCUT2D eigenvalue weighted by molar-refractivity contribution is -0.127. The molecule has 0 saturated carbocycles. The average Bonchev–Trinajstić information content (AvgIpc) is 3.03. The van der Waals surface area contributed by atoms with Gasteiger partial charge in [-0.05, 0) is 57.0 Å². The highest BCUT2D eigenvalue weighted by Crippen LogP contribution is 2.20. The van der Waals surface area contributed by atoms with Crippen molar-refractivity contribution < 1.29 is 4.79 Å². The van der Waals surface area contributed by atoms with Crippen LogP contribution >= 0.6 is 0 Å². The van der Waals surface area contributed by atoms with Crippen LogP contribution in [-0.2, 0) is 17.9 Å². The second-order valence-electron chi connectivity index (χ2n) is 7.50. The smallest absolute Gasteiger partial charge is 0.264 e. The number of rotatable bonds is 7. The van der Waals surface area contributed by atoms with Gasteiger partial charge in [0, 0.05) is 24.5 Å². The molecule has 0 radical (unpaired) electrons. The molecule has 0 unspecified atom stereocenters. The Bertz CT molecular complexity index is 1240. The largest absolute Gasteiger partial charge is 0.349 e. The molecule has 0 aliphatic carbocycles. The van der Waals surface area contributed by atoms with Crippen molar-refractivity contribution in [3.05, 3.63) is 69.0 Å². The molecule has 0 atom stereocenters. The third kappa shape index (κ3) is 4.58. The number of carbonyl (C=O) groups excluding carboxylic acids is 1. The van der Waals surface area contributed by atoms with Crippen LogP contribution in [0.25, 0.3) is 17.0 Å². The number of nitrogens with zero attached hydrogens (tertiary/aromatic N) is 4. The van der Waals surface area contributed by atoms with Crippen molar-refractivity contribution in [2.45, 2.75) is 47.2 Å². The third-order valence-corrected chi connectivity index (χ3v) is 5.38. The zero-order chi connectivity index (χ0) is 22.5. The highest BCUT2D eigenvalue weighted by Gasteiger charge is 2.20. The van der Waals surface area contributed by atoms with E-state index < -0.39 is 0 Å². The number of benzene rings is 1. The molecule has 7 nitrogen and oxygen atoms in total. The second-order valence-corrected chi connectivity index (χ2v) is 7.50. The minimum Gasteiger partial charge on any atom is -0.349 e. The van der Waals surface area contributed by atoms with Crippen molar-refractivity contribution in [3.63, 3.8) is 0 Å². The molecule has 2 aromatic heterocycles. The molecule has 7 heteroatoms. The van der Waals surface area contributed by atoms with Gasteiger partial charge in [0.05, 0.1) is 17.4 Å². The fourth-order valence-electron chi connectivity index (χ4n) is 3.73. The van der Waals surface area contributed by atoms with E-state index in [1.165, 1.54) is 4.90 Å². The summed E-state index contributed by atoms with van der Waals surface area (Å²) in [6.45, 7) is 9.35. The van der Waals surface area contributed by atoms with E-state index in [9.17, 15) is 14.9 Å². The van der Waals surface area contributed by atoms with E-state index in [-0.39, 0.29) is 23.6 Å². The van der Waals surface area contributed by atoms with Gasteiger partial charge in [-0.3, -0.25) is 9.59 Å². The molecule has 1 aromatic carbocycles. The molecule has 3 aromatic rings. The van der Waals surface area contributed by atoms with Gasteiger partial charge in [-0.2, -0.15) is 5.26 Å². The van der Waals surface area contributed by atoms with Crippen molar-refractivity contribution in [2.75, 3.05) is 6.54 Å². The van der Waals surface area contributed by atoms with Gasteiger partial charge in [-0.1, -0.05) is 19.1 Å². The first-order chi connectivity index (χ1) is 14.9. The Balaban J connectivity index is 1.90. The van der Waals surface area contributed by atoms with Gasteiger partial charge in [-0.25, -0.2) is 4.98 Å². The van der Waals surface area contributed by atoms with Gasteiger partial charge in [0.25, 0.3) is 11.5 Å². The lowest BCUT2D eigenvalue weighted by Gasteiger charge is -2.20. The molecule has 0 saturated heterocycles. The SMILES string of the molecule is CCCn1c(C)cc(C=C(C#N)C(=O)N(CC)Cc2nc3ccccc3c(=O)[nH]2)c1C. The van der Waals surface area contributed by atoms with E-state index >= 15 is 0 Å². The van der Waals surface area contributed by atoms with E-state index in [2.05, 4.69) is 21.5 Å². The molecule has 2 heterocycles. The van der Waals surface area contributed by atoms with Gasteiger partial charge < -0.3 is 14.5 Å². The van der Waals surface area contributed by atoms with Gasteiger partial charge in [0.1, 0.15) is 17.5 Å². The number of hydrogen-bond donors (Lipinski definition) is 1. The zero-order valence-electron chi connectivity index (χ0n) is 18.4. The first kappa shape index (κ1) is 22.0. The van der Waals surface area contributed by atoms with Gasteiger partial charge in [-0.15, -0.1) is 0 Å². The predicted octanol–water partition coefficient (Wildman–Crippen LogP) is 3.71. The lowest BCUT2D eigenvalue weighted by Crippen LogP contribution is -2.32. The first-order valence-corrected chi connectivity index (χ1v) is 10.4. The van der Waals surface area contributed by atoms with E-state index in [4.69, 9.17) is 0 Å². The molecular weight excluding hydrogens is 390 g/mol. The number of para-hydroxylation sites is 1. The fourth-order valence-corrected chi connectivity index (χ4v) is 3.73. The Morgan fingerprint density at radius 1 is 1.29 bits per heavy atom. The zero-order valence-corrected chi connectivity index (χ0v) is 18.4. The summed E-state index contributed by atoms with van der Waals surface area (Å²) in [5, 5.41) is 10.2. The molecule has 0 aliphatic heterocycles. The molecule has 0 fully saturated rings. The number of hydrogen-bond acceptors (Lipinski definition) is 4. The maximum Gasteiger partial charge on any atom is 0.264 e. The van der Waals surface area contributed by atoms with E-state index in [1.807, 2.05) is 39.0 Å². The van der Waals surface area contributed by atoms with Crippen LogP contribution < -0.4 is 5.56 Å². The fraction of sp³-hybridized carbons (Fsp3) is 0.333. The minimum atomic E-state index is -0.388. The number of likely N-dealkylation sites (N-methyl/N-ethyl adjacent to an activating group) is 1. The summed E-state index contributed by atoms with van der Waals surface area (Å²) in [4.78, 5) is 34.2. The van der Waals surface area contributed by atoms with Crippen LogP contribution in [0.1, 0.15) is 43.0 Å². The van der Waals surface area contributed by atoms with Crippen molar-refractivity contribution in [3.8, 4) is 6.07 Å². The Kier molecular flexibility index (Phi) is 6.71. The molecule has 31 heavy (non-hydrogen) atoms. The van der Waals surface area contributed by atoms with Crippen LogP contribution in [0.3, 0.4) is 0 Å². The summed E-state index contributed by atoms with van der Waals surface area (Å²) in [7, 11) is 0. The topological polar surface area (TPSA) is 94.8 Å². The molecule has 160 valence electrons. The normalized spacial score (nSPS) is 11.5. The maximum atomic E-state index is 13.1. The summed E-state index contributed by atoms with van der Waals surface area (Å²) in [6, 6.07) is 11.1. The Morgan fingerprint density at radius 2 is 2.03 bits per heavy atom. The number of aromatic amines is 1. The molecular formula is C24H27N5O2. The third-order valence-electron chi connectivity index (χ3n) is 5.38. The van der Waals surface area contributed by atoms with Gasteiger partial charge in [0.15, 0.2) is 0 Å². The van der Waals surface area contributed by atoms with Crippen molar-refractivity contribution in [1.82, 2.24) is 19.4 Å². The standard InChI is InChI=1S/C24H27N5O2/c1-5-11-29-16(3)12-18(17(29)4)13-19(14-25)24(31)28(6-2)15-22-26-21-10-8-7-9-20(21)23(30)27-22/h7-10,12-13H,5-6,11,15H2,1-4H3,(H,26,27,30). The van der Waals surface area contributed by atoms with E-state index in [0.717, 1.165) is 29.9 Å². The molecule has 0 aliphatic rings. The summed E-state index contributed by atoms with van der Waals surface area (Å²) < 4.78 is 2.19. The number of aromatic nitrogens is 3. The number of nitriles is 1. The summed E-state index contributed by atoms with van der Waals surface area (Å²) in [6.07, 6.45) is 2.65. The molecule has 3 rings (SSSR count). The summed E-state index contributed by atoms with van der Waals surface area (Å²) in [5.74, 6) is -0.00147. The Morgan fingerprint density at radius 3 is 2.71 bits per heavy atom. The first-order valence-electron chi connectivity index (χ1n) is 10.4. The number of fused-ring (bicyclic) bond motifs is 1. The maximum absolute atomic E-state index is 13.1. The molecule has 0 bridgehead atoms. The second kappa shape index (κ2) is 9.43. The Hall–Kier alpha value is -3.66. The quantitative estimate of drug-likeness (QED) is 0.468. The molecule has 0 spiro atoms. The lowest BCUT2D eigenvalue weighted by atomic mass is 10.1.